The van der Waals surface area contributed by atoms with Crippen molar-refractivity contribution in [3.63, 3.8) is 0 Å². The summed E-state index contributed by atoms with van der Waals surface area (Å²) < 4.78 is 6.08. The van der Waals surface area contributed by atoms with Gasteiger partial charge in [0.15, 0.2) is 0 Å². The molecule has 1 fully saturated rings. The molecule has 3 rings (SSSR count). The van der Waals surface area contributed by atoms with Crippen molar-refractivity contribution in [2.45, 2.75) is 25.9 Å². The number of benzene rings is 1. The van der Waals surface area contributed by atoms with Gasteiger partial charge in [-0.1, -0.05) is 19.1 Å². The number of nitrogens with one attached hydrogen (secondary N) is 1. The summed E-state index contributed by atoms with van der Waals surface area (Å²) in [7, 11) is 0. The summed E-state index contributed by atoms with van der Waals surface area (Å²) in [5, 5.41) is 3.47. The Labute approximate surface area is 103 Å². The van der Waals surface area contributed by atoms with Crippen LogP contribution in [0.1, 0.15) is 18.9 Å². The Morgan fingerprint density at radius 1 is 1.41 bits per heavy atom. The molecule has 0 atom stereocenters. The molecule has 2 aliphatic heterocycles. The fourth-order valence-corrected chi connectivity index (χ4v) is 2.61. The average Bonchev–Trinajstić information content (AvgIpc) is 2.33. The van der Waals surface area contributed by atoms with Gasteiger partial charge in [0.25, 0.3) is 0 Å². The number of anilines is 1. The lowest BCUT2D eigenvalue weighted by atomic mass is 10.0. The van der Waals surface area contributed by atoms with Gasteiger partial charge in [0.1, 0.15) is 11.9 Å². The predicted molar refractivity (Wildman–Crippen MR) is 69.8 cm³/mol. The molecule has 0 spiro atoms. The molecule has 17 heavy (non-hydrogen) atoms. The van der Waals surface area contributed by atoms with Crippen molar-refractivity contribution in [3.05, 3.63) is 23.8 Å². The van der Waals surface area contributed by atoms with Gasteiger partial charge >= 0.3 is 0 Å². The maximum absolute atomic E-state index is 6.08. The van der Waals surface area contributed by atoms with Crippen molar-refractivity contribution in [1.82, 2.24) is 4.90 Å². The number of nitrogens with zero attached hydrogens (tertiary/aromatic N) is 1. The Morgan fingerprint density at radius 2 is 2.29 bits per heavy atom. The second-order valence-electron chi connectivity index (χ2n) is 4.91. The fraction of sp³-hybridized carbons (Fsp3) is 0.571. The van der Waals surface area contributed by atoms with Gasteiger partial charge in [-0.3, -0.25) is 4.90 Å². The van der Waals surface area contributed by atoms with Crippen LogP contribution in [-0.2, 0) is 6.42 Å². The summed E-state index contributed by atoms with van der Waals surface area (Å²) in [5.74, 6) is 1.04. The van der Waals surface area contributed by atoms with Crippen molar-refractivity contribution in [2.24, 2.45) is 0 Å². The first kappa shape index (κ1) is 10.9. The minimum atomic E-state index is 0.380. The zero-order valence-electron chi connectivity index (χ0n) is 10.4. The summed E-state index contributed by atoms with van der Waals surface area (Å²) in [4.78, 5) is 2.40. The maximum Gasteiger partial charge on any atom is 0.143 e. The van der Waals surface area contributed by atoms with Gasteiger partial charge in [0.05, 0.1) is 5.69 Å². The second kappa shape index (κ2) is 4.57. The van der Waals surface area contributed by atoms with Crippen LogP contribution in [0.25, 0.3) is 0 Å². The zero-order valence-corrected chi connectivity index (χ0v) is 10.4. The van der Waals surface area contributed by atoms with Gasteiger partial charge in [-0.15, -0.1) is 0 Å². The Morgan fingerprint density at radius 3 is 3.12 bits per heavy atom. The molecule has 3 nitrogen and oxygen atoms in total. The molecular weight excluding hydrogens is 212 g/mol. The van der Waals surface area contributed by atoms with E-state index in [-0.39, 0.29) is 0 Å². The van der Waals surface area contributed by atoms with Crippen LogP contribution in [-0.4, -0.2) is 37.2 Å². The molecule has 1 aromatic carbocycles. The SMILES string of the molecule is CCN1CC(Oc2cccc3c2NCCC3)C1. The minimum Gasteiger partial charge on any atom is -0.486 e. The molecule has 92 valence electrons. The highest BCUT2D eigenvalue weighted by molar-refractivity contribution is 5.63. The van der Waals surface area contributed by atoms with E-state index in [1.165, 1.54) is 24.1 Å². The van der Waals surface area contributed by atoms with Crippen LogP contribution in [0.2, 0.25) is 0 Å². The summed E-state index contributed by atoms with van der Waals surface area (Å²) in [6.07, 6.45) is 2.78. The van der Waals surface area contributed by atoms with E-state index in [1.807, 2.05) is 0 Å². The first-order valence-corrected chi connectivity index (χ1v) is 6.61. The number of likely N-dealkylation sites (tertiary alicyclic amines) is 1. The van der Waals surface area contributed by atoms with E-state index in [9.17, 15) is 0 Å². The van der Waals surface area contributed by atoms with Crippen molar-refractivity contribution in [2.75, 3.05) is 31.5 Å². The quantitative estimate of drug-likeness (QED) is 0.864. The third kappa shape index (κ3) is 2.12. The lowest BCUT2D eigenvalue weighted by Crippen LogP contribution is -2.53. The van der Waals surface area contributed by atoms with Gasteiger partial charge in [-0.2, -0.15) is 0 Å². The molecule has 0 radical (unpaired) electrons. The topological polar surface area (TPSA) is 24.5 Å². The van der Waals surface area contributed by atoms with Gasteiger partial charge < -0.3 is 10.1 Å². The lowest BCUT2D eigenvalue weighted by Gasteiger charge is -2.38. The highest BCUT2D eigenvalue weighted by Crippen LogP contribution is 2.33. The molecule has 0 bridgehead atoms. The smallest absolute Gasteiger partial charge is 0.143 e. The third-order valence-electron chi connectivity index (χ3n) is 3.70. The number of para-hydroxylation sites is 1. The van der Waals surface area contributed by atoms with Crippen LogP contribution < -0.4 is 10.1 Å². The van der Waals surface area contributed by atoms with Crippen LogP contribution in [0.5, 0.6) is 5.75 Å². The van der Waals surface area contributed by atoms with Gasteiger partial charge in [0, 0.05) is 19.6 Å². The van der Waals surface area contributed by atoms with Crippen LogP contribution in [0, 0.1) is 0 Å². The van der Waals surface area contributed by atoms with E-state index in [0.717, 1.165) is 31.9 Å². The molecule has 0 aliphatic carbocycles. The normalized spacial score (nSPS) is 20.3. The number of hydrogen-bond donors (Lipinski definition) is 1. The summed E-state index contributed by atoms with van der Waals surface area (Å²) in [5.41, 5.74) is 2.63. The number of likely N-dealkylation sites (N-methyl/N-ethyl adjacent to an activating group) is 1. The van der Waals surface area contributed by atoms with E-state index >= 15 is 0 Å². The van der Waals surface area contributed by atoms with E-state index in [1.54, 1.807) is 0 Å². The number of fused-ring (bicyclic) bond motifs is 1. The second-order valence-corrected chi connectivity index (χ2v) is 4.91. The molecule has 1 aromatic rings. The Kier molecular flexibility index (Phi) is 2.93. The van der Waals surface area contributed by atoms with E-state index in [4.69, 9.17) is 4.74 Å². The number of hydrogen-bond acceptors (Lipinski definition) is 3. The van der Waals surface area contributed by atoms with E-state index < -0.39 is 0 Å². The van der Waals surface area contributed by atoms with Gasteiger partial charge in [0.2, 0.25) is 0 Å². The molecule has 1 N–H and O–H groups in total. The number of aryl methyl sites for hydroxylation is 1. The highest BCUT2D eigenvalue weighted by atomic mass is 16.5. The van der Waals surface area contributed by atoms with Crippen LogP contribution >= 0.6 is 0 Å². The van der Waals surface area contributed by atoms with Crippen LogP contribution in [0.4, 0.5) is 5.69 Å². The summed E-state index contributed by atoms with van der Waals surface area (Å²) in [6, 6.07) is 6.40. The maximum atomic E-state index is 6.08. The molecular formula is C14H20N2O. The summed E-state index contributed by atoms with van der Waals surface area (Å²) >= 11 is 0. The van der Waals surface area contributed by atoms with Crippen molar-refractivity contribution < 1.29 is 4.74 Å². The lowest BCUT2D eigenvalue weighted by molar-refractivity contribution is 0.0242. The molecule has 0 saturated carbocycles. The van der Waals surface area contributed by atoms with Crippen LogP contribution in [0.15, 0.2) is 18.2 Å². The molecule has 2 aliphatic rings. The molecule has 0 aromatic heterocycles. The average molecular weight is 232 g/mol. The molecule has 2 heterocycles. The third-order valence-corrected chi connectivity index (χ3v) is 3.70. The first-order valence-electron chi connectivity index (χ1n) is 6.61. The van der Waals surface area contributed by atoms with Gasteiger partial charge in [-0.05, 0) is 31.0 Å². The Balaban J connectivity index is 1.71. The largest absolute Gasteiger partial charge is 0.486 e. The van der Waals surface area contributed by atoms with E-state index in [0.29, 0.717) is 6.10 Å². The fourth-order valence-electron chi connectivity index (χ4n) is 2.61. The first-order chi connectivity index (χ1) is 8.36. The standard InChI is InChI=1S/C14H20N2O/c1-2-16-9-12(10-16)17-13-7-3-5-11-6-4-8-15-14(11)13/h3,5,7,12,15H,2,4,6,8-10H2,1H3. The van der Waals surface area contributed by atoms with Crippen molar-refractivity contribution in [3.8, 4) is 5.75 Å². The monoisotopic (exact) mass is 232 g/mol. The Hall–Kier alpha value is -1.22. The molecule has 3 heteroatoms. The van der Waals surface area contributed by atoms with Gasteiger partial charge in [-0.25, -0.2) is 0 Å². The predicted octanol–water partition coefficient (Wildman–Crippen LogP) is 2.13. The highest BCUT2D eigenvalue weighted by Gasteiger charge is 2.28. The minimum absolute atomic E-state index is 0.380. The summed E-state index contributed by atoms with van der Waals surface area (Å²) in [6.45, 7) is 6.53. The number of ether oxygens (including phenoxy) is 1. The molecule has 1 saturated heterocycles. The number of rotatable bonds is 3. The van der Waals surface area contributed by atoms with Crippen molar-refractivity contribution in [1.29, 1.82) is 0 Å². The van der Waals surface area contributed by atoms with Crippen molar-refractivity contribution >= 4 is 5.69 Å². The van der Waals surface area contributed by atoms with Crippen LogP contribution in [0.3, 0.4) is 0 Å². The zero-order chi connectivity index (χ0) is 11.7. The molecule has 0 unspecified atom stereocenters. The Bertz CT molecular complexity index is 399. The molecule has 0 amide bonds. The van der Waals surface area contributed by atoms with E-state index in [2.05, 4.69) is 35.3 Å².